The first-order chi connectivity index (χ1) is 24.1. The molecule has 292 valence electrons. The second-order valence-corrected chi connectivity index (χ2v) is 14.8. The first-order valence-corrected chi connectivity index (χ1v) is 21.8. The summed E-state index contributed by atoms with van der Waals surface area (Å²) >= 11 is 0. The lowest BCUT2D eigenvalue weighted by molar-refractivity contribution is -0.144. The minimum atomic E-state index is -0.119. The van der Waals surface area contributed by atoms with Gasteiger partial charge >= 0.3 is 11.9 Å². The molecule has 0 aromatic carbocycles. The maximum absolute atomic E-state index is 12.2. The Labute approximate surface area is 305 Å². The van der Waals surface area contributed by atoms with Gasteiger partial charge in [-0.25, -0.2) is 0 Å². The zero-order valence-electron chi connectivity index (χ0n) is 33.1. The highest BCUT2D eigenvalue weighted by atomic mass is 16.5. The number of hydrogen-bond acceptors (Lipinski definition) is 6. The number of aliphatic hydroxyl groups is 1. The number of ether oxygens (including phenoxy) is 2. The summed E-state index contributed by atoms with van der Waals surface area (Å²) in [5.41, 5.74) is 0. The van der Waals surface area contributed by atoms with Gasteiger partial charge in [0.05, 0.1) is 0 Å². The van der Waals surface area contributed by atoms with Crippen molar-refractivity contribution in [2.24, 2.45) is 0 Å². The molecule has 49 heavy (non-hydrogen) atoms. The fraction of sp³-hybridized carbons (Fsp3) is 0.953. The fourth-order valence-corrected chi connectivity index (χ4v) is 6.63. The highest BCUT2D eigenvalue weighted by Crippen LogP contribution is 2.15. The molecule has 0 atom stereocenters. The van der Waals surface area contributed by atoms with E-state index in [0.717, 1.165) is 25.7 Å². The van der Waals surface area contributed by atoms with Crippen LogP contribution in [0.2, 0.25) is 0 Å². The number of esters is 2. The maximum Gasteiger partial charge on any atom is 0.305 e. The van der Waals surface area contributed by atoms with Crippen LogP contribution in [0.5, 0.6) is 0 Å². The molecule has 0 radical (unpaired) electrons. The van der Waals surface area contributed by atoms with Gasteiger partial charge in [0.2, 0.25) is 0 Å². The Morgan fingerprint density at radius 2 is 0.653 bits per heavy atom. The highest BCUT2D eigenvalue weighted by Gasteiger charge is 2.10. The lowest BCUT2D eigenvalue weighted by Crippen LogP contribution is -2.33. The molecule has 6 heteroatoms. The van der Waals surface area contributed by atoms with Gasteiger partial charge in [0.1, 0.15) is 13.2 Å². The van der Waals surface area contributed by atoms with Gasteiger partial charge in [-0.3, -0.25) is 14.5 Å². The van der Waals surface area contributed by atoms with Crippen LogP contribution in [0.3, 0.4) is 0 Å². The Bertz CT molecular complexity index is 621. The predicted octanol–water partition coefficient (Wildman–Crippen LogP) is 12.3. The van der Waals surface area contributed by atoms with Gasteiger partial charge in [0.25, 0.3) is 0 Å². The summed E-state index contributed by atoms with van der Waals surface area (Å²) in [7, 11) is 0. The quantitative estimate of drug-likeness (QED) is 0.0507. The number of rotatable bonds is 41. The van der Waals surface area contributed by atoms with Crippen molar-refractivity contribution in [3.63, 3.8) is 0 Å². The van der Waals surface area contributed by atoms with E-state index in [1.807, 2.05) is 0 Å². The molecule has 0 amide bonds. The Balaban J connectivity index is 3.64. The summed E-state index contributed by atoms with van der Waals surface area (Å²) in [6.07, 6.45) is 41.1. The molecular weight excluding hydrogens is 610 g/mol. The third-order valence-corrected chi connectivity index (χ3v) is 9.94. The van der Waals surface area contributed by atoms with Crippen molar-refractivity contribution in [2.45, 2.75) is 226 Å². The Morgan fingerprint density at radius 1 is 0.388 bits per heavy atom. The Morgan fingerprint density at radius 3 is 0.918 bits per heavy atom. The number of carbonyl (C=O) groups excluding carboxylic acids is 2. The molecule has 0 bridgehead atoms. The molecule has 0 aromatic rings. The summed E-state index contributed by atoms with van der Waals surface area (Å²) in [5.74, 6) is -0.238. The molecule has 0 heterocycles. The van der Waals surface area contributed by atoms with Crippen molar-refractivity contribution in [2.75, 3.05) is 39.5 Å². The number of nitrogens with zero attached hydrogens (tertiary/aromatic N) is 1. The van der Waals surface area contributed by atoms with Crippen molar-refractivity contribution >= 4 is 11.9 Å². The van der Waals surface area contributed by atoms with Crippen LogP contribution in [0, 0.1) is 0 Å². The zero-order chi connectivity index (χ0) is 35.7. The van der Waals surface area contributed by atoms with E-state index in [1.165, 1.54) is 167 Å². The van der Waals surface area contributed by atoms with Crippen LogP contribution in [-0.2, 0) is 19.1 Å². The van der Waals surface area contributed by atoms with Gasteiger partial charge in [-0.1, -0.05) is 194 Å². The van der Waals surface area contributed by atoms with Crippen LogP contribution in [0.4, 0.5) is 0 Å². The predicted molar refractivity (Wildman–Crippen MR) is 209 cm³/mol. The van der Waals surface area contributed by atoms with Crippen LogP contribution < -0.4 is 0 Å². The van der Waals surface area contributed by atoms with Gasteiger partial charge in [0.15, 0.2) is 0 Å². The summed E-state index contributed by atoms with van der Waals surface area (Å²) < 4.78 is 11.0. The number of unbranched alkanes of at least 4 members (excludes halogenated alkanes) is 28. The summed E-state index contributed by atoms with van der Waals surface area (Å²) in [6, 6.07) is 0. The van der Waals surface area contributed by atoms with Crippen LogP contribution in [0.25, 0.3) is 0 Å². The Kier molecular flexibility index (Phi) is 40.3. The third kappa shape index (κ3) is 39.5. The molecule has 6 nitrogen and oxygen atoms in total. The van der Waals surface area contributed by atoms with Gasteiger partial charge in [0, 0.05) is 39.1 Å². The van der Waals surface area contributed by atoms with E-state index in [0.29, 0.717) is 52.1 Å². The molecule has 0 saturated carbocycles. The van der Waals surface area contributed by atoms with E-state index >= 15 is 0 Å². The molecular formula is C43H85NO5. The zero-order valence-corrected chi connectivity index (χ0v) is 33.1. The topological polar surface area (TPSA) is 76.1 Å². The fourth-order valence-electron chi connectivity index (χ4n) is 6.63. The van der Waals surface area contributed by atoms with E-state index in [2.05, 4.69) is 18.7 Å². The average molecular weight is 696 g/mol. The van der Waals surface area contributed by atoms with E-state index in [9.17, 15) is 14.7 Å². The van der Waals surface area contributed by atoms with Crippen LogP contribution >= 0.6 is 0 Å². The third-order valence-electron chi connectivity index (χ3n) is 9.94. The SMILES string of the molecule is CCCCCCCCCCCCCCCCCC(=O)OCCN(CCCO)CCOC(=O)CCCCCCCCCCCCCCCCC. The van der Waals surface area contributed by atoms with Crippen molar-refractivity contribution < 1.29 is 24.2 Å². The van der Waals surface area contributed by atoms with E-state index in [-0.39, 0.29) is 18.5 Å². The van der Waals surface area contributed by atoms with Crippen molar-refractivity contribution in [3.8, 4) is 0 Å². The second-order valence-electron chi connectivity index (χ2n) is 14.8. The van der Waals surface area contributed by atoms with Crippen molar-refractivity contribution in [3.05, 3.63) is 0 Å². The molecule has 0 fully saturated rings. The second kappa shape index (κ2) is 41.3. The molecule has 0 rings (SSSR count). The molecule has 0 aromatic heterocycles. The normalized spacial score (nSPS) is 11.4. The van der Waals surface area contributed by atoms with Gasteiger partial charge < -0.3 is 14.6 Å². The molecule has 1 N–H and O–H groups in total. The lowest BCUT2D eigenvalue weighted by atomic mass is 10.0. The largest absolute Gasteiger partial charge is 0.464 e. The minimum absolute atomic E-state index is 0.119. The first-order valence-electron chi connectivity index (χ1n) is 21.8. The summed E-state index contributed by atoms with van der Waals surface area (Å²) in [6.45, 7) is 7.25. The van der Waals surface area contributed by atoms with Gasteiger partial charge in [-0.05, 0) is 19.3 Å². The molecule has 0 aliphatic rings. The summed E-state index contributed by atoms with van der Waals surface area (Å²) in [4.78, 5) is 26.5. The molecule has 0 unspecified atom stereocenters. The standard InChI is InChI=1S/C43H85NO5/c1-3-5-7-9-11-13-15-17-19-21-23-25-27-29-31-34-42(46)48-40-37-44(36-33-39-45)38-41-49-43(47)35-32-30-28-26-24-22-20-18-16-14-12-10-8-6-4-2/h45H,3-41H2,1-2H3. The van der Waals surface area contributed by atoms with Gasteiger partial charge in [-0.15, -0.1) is 0 Å². The lowest BCUT2D eigenvalue weighted by Gasteiger charge is -2.21. The number of aliphatic hydroxyl groups excluding tert-OH is 1. The first kappa shape index (κ1) is 47.9. The average Bonchev–Trinajstić information content (AvgIpc) is 3.10. The molecule has 0 aliphatic carbocycles. The maximum atomic E-state index is 12.2. The summed E-state index contributed by atoms with van der Waals surface area (Å²) in [5, 5.41) is 9.27. The van der Waals surface area contributed by atoms with Crippen LogP contribution in [0.15, 0.2) is 0 Å². The molecule has 0 saturated heterocycles. The number of carbonyl (C=O) groups is 2. The number of hydrogen-bond donors (Lipinski definition) is 1. The van der Waals surface area contributed by atoms with Crippen molar-refractivity contribution in [1.29, 1.82) is 0 Å². The molecule has 0 aliphatic heterocycles. The monoisotopic (exact) mass is 696 g/mol. The highest BCUT2D eigenvalue weighted by molar-refractivity contribution is 5.69. The smallest absolute Gasteiger partial charge is 0.305 e. The molecule has 0 spiro atoms. The van der Waals surface area contributed by atoms with E-state index in [1.54, 1.807) is 0 Å². The van der Waals surface area contributed by atoms with E-state index < -0.39 is 0 Å². The van der Waals surface area contributed by atoms with Crippen molar-refractivity contribution in [1.82, 2.24) is 4.90 Å². The Hall–Kier alpha value is -1.14. The van der Waals surface area contributed by atoms with Gasteiger partial charge in [-0.2, -0.15) is 0 Å². The van der Waals surface area contributed by atoms with Crippen LogP contribution in [-0.4, -0.2) is 61.4 Å². The van der Waals surface area contributed by atoms with E-state index in [4.69, 9.17) is 9.47 Å². The van der Waals surface area contributed by atoms with Crippen LogP contribution in [0.1, 0.15) is 226 Å². The minimum Gasteiger partial charge on any atom is -0.464 e.